The number of aromatic nitrogens is 6. The molecule has 1 amide bonds. The number of hydrogen-bond acceptors (Lipinski definition) is 6. The number of carbonyl (C=O) groups excluding carboxylic acids is 1. The Kier molecular flexibility index (Phi) is 5.97. The summed E-state index contributed by atoms with van der Waals surface area (Å²) in [6, 6.07) is 5.89. The fourth-order valence-corrected chi connectivity index (χ4v) is 3.86. The smallest absolute Gasteiger partial charge is 0.290 e. The SMILES string of the molecule is Cc1cccc2nc(CNC(=O)Cc3nc4nc5c(c(=O)n4[nH]3)CCCC5)cn12.O=CO. The molecule has 0 saturated carbocycles. The summed E-state index contributed by atoms with van der Waals surface area (Å²) < 4.78 is 3.33. The monoisotopic (exact) mass is 437 g/mol. The van der Waals surface area contributed by atoms with Crippen molar-refractivity contribution >= 4 is 23.8 Å². The molecule has 0 fully saturated rings. The number of nitrogens with zero attached hydrogens (tertiary/aromatic N) is 5. The molecule has 11 heteroatoms. The van der Waals surface area contributed by atoms with E-state index in [2.05, 4.69) is 25.4 Å². The van der Waals surface area contributed by atoms with Crippen LogP contribution in [0.25, 0.3) is 11.4 Å². The summed E-state index contributed by atoms with van der Waals surface area (Å²) in [6.07, 6.45) is 5.56. The van der Waals surface area contributed by atoms with E-state index in [0.29, 0.717) is 18.1 Å². The predicted octanol–water partition coefficient (Wildman–Crippen LogP) is 0.812. The van der Waals surface area contributed by atoms with Gasteiger partial charge in [-0.25, -0.2) is 9.97 Å². The molecule has 0 spiro atoms. The van der Waals surface area contributed by atoms with Crippen LogP contribution in [0.2, 0.25) is 0 Å². The average molecular weight is 437 g/mol. The van der Waals surface area contributed by atoms with Crippen molar-refractivity contribution in [3.8, 4) is 0 Å². The molecule has 0 aliphatic heterocycles. The zero-order chi connectivity index (χ0) is 22.7. The molecule has 0 saturated heterocycles. The third kappa shape index (κ3) is 4.22. The Hall–Kier alpha value is -4.02. The van der Waals surface area contributed by atoms with E-state index in [-0.39, 0.29) is 24.4 Å². The molecular formula is C21H23N7O4. The van der Waals surface area contributed by atoms with Crippen molar-refractivity contribution in [2.24, 2.45) is 0 Å². The van der Waals surface area contributed by atoms with Gasteiger partial charge in [0, 0.05) is 17.5 Å². The lowest BCUT2D eigenvalue weighted by molar-refractivity contribution is -0.123. The Morgan fingerprint density at radius 1 is 1.25 bits per heavy atom. The van der Waals surface area contributed by atoms with Crippen LogP contribution in [0.4, 0.5) is 0 Å². The first-order valence-corrected chi connectivity index (χ1v) is 10.3. The first kappa shape index (κ1) is 21.2. The minimum atomic E-state index is -0.250. The average Bonchev–Trinajstić information content (AvgIpc) is 3.38. The number of imidazole rings is 1. The number of hydrogen-bond donors (Lipinski definition) is 3. The summed E-state index contributed by atoms with van der Waals surface area (Å²) in [6.45, 7) is 2.08. The van der Waals surface area contributed by atoms with Crippen molar-refractivity contribution in [3.63, 3.8) is 0 Å². The van der Waals surface area contributed by atoms with Gasteiger partial charge in [-0.2, -0.15) is 9.50 Å². The van der Waals surface area contributed by atoms with E-state index < -0.39 is 0 Å². The van der Waals surface area contributed by atoms with Crippen LogP contribution in [0.1, 0.15) is 41.3 Å². The van der Waals surface area contributed by atoms with Crippen LogP contribution in [0, 0.1) is 6.92 Å². The number of carboxylic acid groups (broad SMARTS) is 1. The molecule has 3 N–H and O–H groups in total. The van der Waals surface area contributed by atoms with Gasteiger partial charge in [0.1, 0.15) is 11.5 Å². The molecule has 4 aromatic rings. The van der Waals surface area contributed by atoms with Gasteiger partial charge in [0.05, 0.1) is 24.4 Å². The molecule has 5 rings (SSSR count). The van der Waals surface area contributed by atoms with Crippen LogP contribution in [0.15, 0.2) is 29.2 Å². The lowest BCUT2D eigenvalue weighted by Gasteiger charge is -2.12. The zero-order valence-corrected chi connectivity index (χ0v) is 17.5. The minimum Gasteiger partial charge on any atom is -0.483 e. The second kappa shape index (κ2) is 9.00. The summed E-state index contributed by atoms with van der Waals surface area (Å²) in [5, 5.41) is 12.7. The van der Waals surface area contributed by atoms with E-state index in [4.69, 9.17) is 9.90 Å². The van der Waals surface area contributed by atoms with Crippen molar-refractivity contribution in [1.82, 2.24) is 34.3 Å². The second-order valence-electron chi connectivity index (χ2n) is 7.54. The quantitative estimate of drug-likeness (QED) is 0.400. The number of amides is 1. The minimum absolute atomic E-state index is 0.0415. The normalized spacial score (nSPS) is 12.8. The summed E-state index contributed by atoms with van der Waals surface area (Å²) in [4.78, 5) is 46.7. The van der Waals surface area contributed by atoms with Gasteiger partial charge in [-0.05, 0) is 44.7 Å². The Balaban J connectivity index is 0.000000775. The number of pyridine rings is 1. The van der Waals surface area contributed by atoms with Gasteiger partial charge in [-0.15, -0.1) is 0 Å². The molecular weight excluding hydrogens is 414 g/mol. The van der Waals surface area contributed by atoms with Crippen molar-refractivity contribution in [2.45, 2.75) is 45.6 Å². The Morgan fingerprint density at radius 2 is 2.03 bits per heavy atom. The van der Waals surface area contributed by atoms with E-state index in [9.17, 15) is 9.59 Å². The fourth-order valence-electron chi connectivity index (χ4n) is 3.86. The molecule has 0 atom stereocenters. The summed E-state index contributed by atoms with van der Waals surface area (Å²) >= 11 is 0. The maximum Gasteiger partial charge on any atom is 0.290 e. The molecule has 1 aliphatic rings. The number of carbonyl (C=O) groups is 2. The first-order chi connectivity index (χ1) is 15.5. The second-order valence-corrected chi connectivity index (χ2v) is 7.54. The molecule has 0 radical (unpaired) electrons. The highest BCUT2D eigenvalue weighted by atomic mass is 16.3. The molecule has 11 nitrogen and oxygen atoms in total. The number of aromatic amines is 1. The third-order valence-corrected chi connectivity index (χ3v) is 5.35. The van der Waals surface area contributed by atoms with Gasteiger partial charge in [0.25, 0.3) is 17.8 Å². The number of rotatable bonds is 4. The molecule has 0 aromatic carbocycles. The molecule has 166 valence electrons. The van der Waals surface area contributed by atoms with Gasteiger partial charge in [0.2, 0.25) is 5.91 Å². The van der Waals surface area contributed by atoms with Crippen LogP contribution in [-0.4, -0.2) is 46.5 Å². The lowest BCUT2D eigenvalue weighted by atomic mass is 9.97. The molecule has 4 aromatic heterocycles. The van der Waals surface area contributed by atoms with Crippen molar-refractivity contribution < 1.29 is 14.7 Å². The van der Waals surface area contributed by atoms with Crippen LogP contribution in [0.3, 0.4) is 0 Å². The predicted molar refractivity (Wildman–Crippen MR) is 114 cm³/mol. The van der Waals surface area contributed by atoms with Gasteiger partial charge < -0.3 is 14.8 Å². The van der Waals surface area contributed by atoms with Gasteiger partial charge in [-0.3, -0.25) is 19.5 Å². The fraction of sp³-hybridized carbons (Fsp3) is 0.333. The summed E-state index contributed by atoms with van der Waals surface area (Å²) in [7, 11) is 0. The van der Waals surface area contributed by atoms with Crippen molar-refractivity contribution in [3.05, 3.63) is 63.2 Å². The lowest BCUT2D eigenvalue weighted by Crippen LogP contribution is -2.26. The maximum absolute atomic E-state index is 12.6. The van der Waals surface area contributed by atoms with Crippen LogP contribution in [0.5, 0.6) is 0 Å². The summed E-state index contributed by atoms with van der Waals surface area (Å²) in [5.41, 5.74) is 4.20. The number of H-pyrrole nitrogens is 1. The number of fused-ring (bicyclic) bond motifs is 3. The van der Waals surface area contributed by atoms with Crippen LogP contribution < -0.4 is 10.9 Å². The summed E-state index contributed by atoms with van der Waals surface area (Å²) in [5.74, 6) is 0.546. The highest BCUT2D eigenvalue weighted by Crippen LogP contribution is 2.16. The molecule has 0 bridgehead atoms. The van der Waals surface area contributed by atoms with E-state index in [1.54, 1.807) is 0 Å². The van der Waals surface area contributed by atoms with Crippen molar-refractivity contribution in [1.29, 1.82) is 0 Å². The van der Waals surface area contributed by atoms with Crippen molar-refractivity contribution in [2.75, 3.05) is 0 Å². The van der Waals surface area contributed by atoms with Crippen LogP contribution in [-0.2, 0) is 35.4 Å². The standard InChI is InChI=1S/C20H21N7O2.CH2O2/c1-12-5-4-8-17-22-13(11-26(12)17)10-21-18(28)9-16-24-20-23-15-7-3-2-6-14(15)19(29)27(20)25-16;2-1-3/h4-5,8,11H,2-3,6-7,9-10H2,1H3,(H,21,28)(H,23,24,25);1H,(H,2,3). The molecule has 32 heavy (non-hydrogen) atoms. The third-order valence-electron chi connectivity index (χ3n) is 5.35. The highest BCUT2D eigenvalue weighted by Gasteiger charge is 2.19. The topological polar surface area (TPSA) is 147 Å². The Labute approximate surface area is 182 Å². The molecule has 1 aliphatic carbocycles. The highest BCUT2D eigenvalue weighted by molar-refractivity contribution is 5.77. The molecule has 4 heterocycles. The van der Waals surface area contributed by atoms with Gasteiger partial charge in [0.15, 0.2) is 0 Å². The Bertz CT molecular complexity index is 1350. The maximum atomic E-state index is 12.6. The zero-order valence-electron chi connectivity index (χ0n) is 17.5. The van der Waals surface area contributed by atoms with E-state index in [1.807, 2.05) is 35.7 Å². The first-order valence-electron chi connectivity index (χ1n) is 10.3. The number of nitrogens with one attached hydrogen (secondary N) is 2. The van der Waals surface area contributed by atoms with E-state index in [1.165, 1.54) is 4.52 Å². The van der Waals surface area contributed by atoms with Gasteiger partial charge in [-0.1, -0.05) is 6.07 Å². The molecule has 0 unspecified atom stereocenters. The van der Waals surface area contributed by atoms with E-state index in [0.717, 1.165) is 54.0 Å². The Morgan fingerprint density at radius 3 is 2.81 bits per heavy atom. The largest absolute Gasteiger partial charge is 0.483 e. The van der Waals surface area contributed by atoms with Crippen LogP contribution >= 0.6 is 0 Å². The number of aryl methyl sites for hydroxylation is 2. The van der Waals surface area contributed by atoms with Gasteiger partial charge >= 0.3 is 0 Å². The van der Waals surface area contributed by atoms with E-state index >= 15 is 0 Å².